The molecule has 0 saturated carbocycles. The third kappa shape index (κ3) is 5.52. The molecule has 1 aromatic carbocycles. The molecule has 2 rings (SSSR count). The predicted octanol–water partition coefficient (Wildman–Crippen LogP) is 3.31. The van der Waals surface area contributed by atoms with Gasteiger partial charge in [-0.15, -0.1) is 0 Å². The number of carbonyl (C=O) groups is 2. The van der Waals surface area contributed by atoms with E-state index in [9.17, 15) is 9.59 Å². The van der Waals surface area contributed by atoms with Crippen LogP contribution in [0.15, 0.2) is 54.6 Å². The summed E-state index contributed by atoms with van der Waals surface area (Å²) in [6.45, 7) is 4.07. The molecule has 1 aromatic rings. The third-order valence-corrected chi connectivity index (χ3v) is 5.34. The van der Waals surface area contributed by atoms with Crippen LogP contribution in [-0.2, 0) is 14.3 Å². The molecule has 122 valence electrons. The third-order valence-electron chi connectivity index (χ3n) is 3.49. The summed E-state index contributed by atoms with van der Waals surface area (Å²) in [5.41, 5.74) is 0.536. The van der Waals surface area contributed by atoms with Crippen LogP contribution in [0, 0.1) is 5.92 Å². The quantitative estimate of drug-likeness (QED) is 0.593. The van der Waals surface area contributed by atoms with E-state index in [0.717, 1.165) is 0 Å². The highest BCUT2D eigenvalue weighted by Gasteiger charge is 2.27. The lowest BCUT2D eigenvalue weighted by Gasteiger charge is -2.22. The van der Waals surface area contributed by atoms with Crippen LogP contribution < -0.4 is 0 Å². The average Bonchev–Trinajstić information content (AvgIpc) is 2.59. The first-order valence-corrected chi connectivity index (χ1v) is 11.1. The Morgan fingerprint density at radius 3 is 2.43 bits per heavy atom. The van der Waals surface area contributed by atoms with Crippen LogP contribution >= 0.6 is 0 Å². The summed E-state index contributed by atoms with van der Waals surface area (Å²) in [5.74, 6) is -0.741. The van der Waals surface area contributed by atoms with Crippen molar-refractivity contribution >= 4 is 20.0 Å². The number of allylic oxidation sites excluding steroid dienone is 3. The minimum absolute atomic E-state index is 0.198. The monoisotopic (exact) mass is 330 g/mol. The molecule has 1 atom stereocenters. The normalized spacial score (nSPS) is 16.9. The van der Waals surface area contributed by atoms with Gasteiger partial charge in [0.05, 0.1) is 23.9 Å². The Labute approximate surface area is 137 Å². The van der Waals surface area contributed by atoms with Crippen molar-refractivity contribution in [1.82, 2.24) is 0 Å². The van der Waals surface area contributed by atoms with Crippen LogP contribution in [0.3, 0.4) is 0 Å². The molecule has 4 nitrogen and oxygen atoms in total. The zero-order chi connectivity index (χ0) is 16.7. The first-order valence-electron chi connectivity index (χ1n) is 7.70. The Kier molecular flexibility index (Phi) is 5.93. The highest BCUT2D eigenvalue weighted by Crippen LogP contribution is 2.15. The van der Waals surface area contributed by atoms with Crippen LogP contribution in [0.4, 0.5) is 0 Å². The summed E-state index contributed by atoms with van der Waals surface area (Å²) in [5, 5.41) is 0. The lowest BCUT2D eigenvalue weighted by Crippen LogP contribution is -2.41. The molecule has 5 heteroatoms. The average molecular weight is 330 g/mol. The van der Waals surface area contributed by atoms with Gasteiger partial charge in [-0.25, -0.2) is 4.79 Å². The van der Waals surface area contributed by atoms with E-state index in [0.29, 0.717) is 24.4 Å². The van der Waals surface area contributed by atoms with E-state index in [1.807, 2.05) is 43.5 Å². The molecule has 0 bridgehead atoms. The fourth-order valence-electron chi connectivity index (χ4n) is 2.09. The van der Waals surface area contributed by atoms with Gasteiger partial charge in [0.1, 0.15) is 8.07 Å². The Morgan fingerprint density at radius 1 is 1.09 bits per heavy atom. The van der Waals surface area contributed by atoms with Crippen molar-refractivity contribution in [3.05, 3.63) is 60.2 Å². The Balaban J connectivity index is 1.77. The van der Waals surface area contributed by atoms with E-state index in [4.69, 9.17) is 9.47 Å². The SMILES string of the molecule is C[Si](C)(COC(=O)c1ccccc1)COC(=O)C1C=CC=CC1. The van der Waals surface area contributed by atoms with Crippen LogP contribution in [0.5, 0.6) is 0 Å². The van der Waals surface area contributed by atoms with E-state index in [1.54, 1.807) is 24.3 Å². The highest BCUT2D eigenvalue weighted by molar-refractivity contribution is 6.77. The van der Waals surface area contributed by atoms with E-state index in [1.165, 1.54) is 0 Å². The molecule has 0 fully saturated rings. The number of benzene rings is 1. The molecule has 0 aliphatic heterocycles. The molecule has 0 saturated heterocycles. The largest absolute Gasteiger partial charge is 0.469 e. The summed E-state index contributed by atoms with van der Waals surface area (Å²) in [6, 6.07) is 8.89. The summed E-state index contributed by atoms with van der Waals surface area (Å²) in [4.78, 5) is 24.0. The standard InChI is InChI=1S/C18H22O4Si/c1-23(2,13-21-17(19)15-9-5-3-6-10-15)14-22-18(20)16-11-7-4-8-12-16/h3-11,16H,12-14H2,1-2H3. The van der Waals surface area contributed by atoms with Gasteiger partial charge in [-0.3, -0.25) is 4.79 Å². The van der Waals surface area contributed by atoms with Crippen LogP contribution in [-0.4, -0.2) is 32.5 Å². The first kappa shape index (κ1) is 17.2. The number of esters is 2. The van der Waals surface area contributed by atoms with Gasteiger partial charge in [-0.2, -0.15) is 0 Å². The zero-order valence-corrected chi connectivity index (χ0v) is 14.5. The zero-order valence-electron chi connectivity index (χ0n) is 13.5. The van der Waals surface area contributed by atoms with Gasteiger partial charge in [-0.1, -0.05) is 55.6 Å². The number of hydrogen-bond acceptors (Lipinski definition) is 4. The van der Waals surface area contributed by atoms with Crippen molar-refractivity contribution < 1.29 is 19.1 Å². The summed E-state index contributed by atoms with van der Waals surface area (Å²) in [6.07, 6.45) is 8.95. The molecule has 0 radical (unpaired) electrons. The summed E-state index contributed by atoms with van der Waals surface area (Å²) < 4.78 is 10.8. The molecule has 0 aromatic heterocycles. The van der Waals surface area contributed by atoms with Crippen LogP contribution in [0.2, 0.25) is 13.1 Å². The van der Waals surface area contributed by atoms with Gasteiger partial charge in [0.25, 0.3) is 0 Å². The number of rotatable bonds is 6. The van der Waals surface area contributed by atoms with Gasteiger partial charge in [0.15, 0.2) is 0 Å². The van der Waals surface area contributed by atoms with Crippen LogP contribution in [0.1, 0.15) is 16.8 Å². The lowest BCUT2D eigenvalue weighted by molar-refractivity contribution is -0.144. The number of hydrogen-bond donors (Lipinski definition) is 0. The van der Waals surface area contributed by atoms with Crippen molar-refractivity contribution in [2.24, 2.45) is 5.92 Å². The van der Waals surface area contributed by atoms with E-state index < -0.39 is 8.07 Å². The molecule has 0 heterocycles. The molecular weight excluding hydrogens is 308 g/mol. The van der Waals surface area contributed by atoms with Crippen molar-refractivity contribution in [2.75, 3.05) is 12.5 Å². The molecule has 0 N–H and O–H groups in total. The van der Waals surface area contributed by atoms with E-state index in [-0.39, 0.29) is 17.9 Å². The maximum absolute atomic E-state index is 12.0. The van der Waals surface area contributed by atoms with Crippen molar-refractivity contribution in [3.63, 3.8) is 0 Å². The topological polar surface area (TPSA) is 52.6 Å². The minimum atomic E-state index is -1.95. The molecule has 1 unspecified atom stereocenters. The maximum Gasteiger partial charge on any atom is 0.337 e. The highest BCUT2D eigenvalue weighted by atomic mass is 28.3. The van der Waals surface area contributed by atoms with Crippen LogP contribution in [0.25, 0.3) is 0 Å². The van der Waals surface area contributed by atoms with E-state index in [2.05, 4.69) is 0 Å². The molecule has 23 heavy (non-hydrogen) atoms. The smallest absolute Gasteiger partial charge is 0.337 e. The number of carbonyl (C=O) groups excluding carboxylic acids is 2. The first-order chi connectivity index (χ1) is 11.0. The fourth-order valence-corrected chi connectivity index (χ4v) is 3.23. The van der Waals surface area contributed by atoms with Gasteiger partial charge < -0.3 is 9.47 Å². The molecule has 1 aliphatic rings. The second-order valence-corrected chi connectivity index (χ2v) is 11.3. The van der Waals surface area contributed by atoms with Gasteiger partial charge in [0.2, 0.25) is 0 Å². The Morgan fingerprint density at radius 2 is 1.78 bits per heavy atom. The second kappa shape index (κ2) is 7.92. The number of ether oxygens (including phenoxy) is 2. The predicted molar refractivity (Wildman–Crippen MR) is 91.6 cm³/mol. The lowest BCUT2D eigenvalue weighted by atomic mass is 10.0. The fraction of sp³-hybridized carbons (Fsp3) is 0.333. The van der Waals surface area contributed by atoms with Gasteiger partial charge >= 0.3 is 11.9 Å². The Bertz CT molecular complexity index is 605. The van der Waals surface area contributed by atoms with Crippen molar-refractivity contribution in [1.29, 1.82) is 0 Å². The molecule has 0 spiro atoms. The van der Waals surface area contributed by atoms with Crippen molar-refractivity contribution in [2.45, 2.75) is 19.5 Å². The van der Waals surface area contributed by atoms with Gasteiger partial charge in [-0.05, 0) is 18.6 Å². The Hall–Kier alpha value is -2.14. The molecular formula is C18H22O4Si. The van der Waals surface area contributed by atoms with E-state index >= 15 is 0 Å². The molecule has 1 aliphatic carbocycles. The summed E-state index contributed by atoms with van der Waals surface area (Å²) >= 11 is 0. The van der Waals surface area contributed by atoms with Gasteiger partial charge in [0, 0.05) is 0 Å². The molecule has 0 amide bonds. The minimum Gasteiger partial charge on any atom is -0.469 e. The van der Waals surface area contributed by atoms with Crippen molar-refractivity contribution in [3.8, 4) is 0 Å². The maximum atomic E-state index is 12.0. The summed E-state index contributed by atoms with van der Waals surface area (Å²) in [7, 11) is -1.95. The second-order valence-electron chi connectivity index (χ2n) is 6.37.